The van der Waals surface area contributed by atoms with Gasteiger partial charge in [0, 0.05) is 16.1 Å². The van der Waals surface area contributed by atoms with Crippen molar-refractivity contribution in [3.63, 3.8) is 0 Å². The highest BCUT2D eigenvalue weighted by Gasteiger charge is 2.11. The van der Waals surface area contributed by atoms with E-state index in [1.54, 1.807) is 37.3 Å². The van der Waals surface area contributed by atoms with Gasteiger partial charge >= 0.3 is 5.97 Å². The third-order valence-electron chi connectivity index (χ3n) is 5.05. The summed E-state index contributed by atoms with van der Waals surface area (Å²) < 4.78 is 6.80. The molecule has 1 heterocycles. The Morgan fingerprint density at radius 1 is 1.06 bits per heavy atom. The van der Waals surface area contributed by atoms with Crippen molar-refractivity contribution in [2.24, 2.45) is 0 Å². The molecule has 6 nitrogen and oxygen atoms in total. The van der Waals surface area contributed by atoms with Gasteiger partial charge in [-0.25, -0.2) is 9.48 Å². The molecule has 3 aromatic rings. The van der Waals surface area contributed by atoms with Gasteiger partial charge in [-0.1, -0.05) is 35.9 Å². The van der Waals surface area contributed by atoms with Crippen LogP contribution in [0.2, 0.25) is 5.02 Å². The van der Waals surface area contributed by atoms with Crippen LogP contribution in [0.3, 0.4) is 0 Å². The molecule has 0 atom stereocenters. The van der Waals surface area contributed by atoms with Crippen molar-refractivity contribution in [1.82, 2.24) is 14.7 Å². The lowest BCUT2D eigenvalue weighted by Gasteiger charge is -2.11. The van der Waals surface area contributed by atoms with Crippen molar-refractivity contribution in [2.75, 3.05) is 27.2 Å². The van der Waals surface area contributed by atoms with Gasteiger partial charge in [0.15, 0.2) is 0 Å². The number of rotatable bonds is 9. The van der Waals surface area contributed by atoms with Crippen LogP contribution in [0, 0.1) is 6.92 Å². The van der Waals surface area contributed by atoms with E-state index in [0.717, 1.165) is 30.5 Å². The maximum absolute atomic E-state index is 12.6. The van der Waals surface area contributed by atoms with E-state index in [1.165, 1.54) is 4.68 Å². The molecule has 0 unspecified atom stereocenters. The number of halogens is 1. The number of aryl methyl sites for hydroxylation is 1. The molecule has 0 spiro atoms. The van der Waals surface area contributed by atoms with Crippen LogP contribution in [-0.2, 0) is 11.3 Å². The lowest BCUT2D eigenvalue weighted by atomic mass is 10.1. The Morgan fingerprint density at radius 2 is 1.75 bits per heavy atom. The second-order valence-electron chi connectivity index (χ2n) is 8.03. The summed E-state index contributed by atoms with van der Waals surface area (Å²) in [7, 11) is 4.04. The fourth-order valence-corrected chi connectivity index (χ4v) is 3.37. The number of carbonyl (C=O) groups is 1. The monoisotopic (exact) mass is 453 g/mol. The smallest absolute Gasteiger partial charge is 0.338 e. The third kappa shape index (κ3) is 6.52. The Morgan fingerprint density at radius 3 is 2.41 bits per heavy atom. The minimum atomic E-state index is -0.335. The molecular weight excluding hydrogens is 426 g/mol. The zero-order valence-electron chi connectivity index (χ0n) is 18.7. The second kappa shape index (κ2) is 11.1. The van der Waals surface area contributed by atoms with Gasteiger partial charge in [0.25, 0.3) is 5.56 Å². The van der Waals surface area contributed by atoms with Gasteiger partial charge in [-0.3, -0.25) is 4.79 Å². The SMILES string of the molecule is Cc1cc(-c2ccc(C(=O)OCCCCN(C)C)cc2)nn(Cc2ccc(Cl)cc2)c1=O. The molecule has 3 rings (SSSR count). The van der Waals surface area contributed by atoms with E-state index in [0.29, 0.717) is 35.0 Å². The van der Waals surface area contributed by atoms with Gasteiger partial charge in [-0.15, -0.1) is 0 Å². The Labute approximate surface area is 193 Å². The van der Waals surface area contributed by atoms with E-state index < -0.39 is 0 Å². The molecule has 0 saturated heterocycles. The summed E-state index contributed by atoms with van der Waals surface area (Å²) in [5.41, 5.74) is 3.38. The lowest BCUT2D eigenvalue weighted by Crippen LogP contribution is -2.25. The average Bonchev–Trinajstić information content (AvgIpc) is 2.77. The highest BCUT2D eigenvalue weighted by molar-refractivity contribution is 6.30. The second-order valence-corrected chi connectivity index (χ2v) is 8.46. The summed E-state index contributed by atoms with van der Waals surface area (Å²) in [6.07, 6.45) is 1.82. The number of hydrogen-bond donors (Lipinski definition) is 0. The van der Waals surface area contributed by atoms with Crippen molar-refractivity contribution >= 4 is 17.6 Å². The maximum Gasteiger partial charge on any atom is 0.338 e. The molecule has 0 aliphatic carbocycles. The number of aromatic nitrogens is 2. The first-order valence-electron chi connectivity index (χ1n) is 10.6. The maximum atomic E-state index is 12.6. The van der Waals surface area contributed by atoms with Crippen LogP contribution in [0.15, 0.2) is 59.4 Å². The highest BCUT2D eigenvalue weighted by atomic mass is 35.5. The van der Waals surface area contributed by atoms with Gasteiger partial charge in [-0.2, -0.15) is 5.10 Å². The van der Waals surface area contributed by atoms with Crippen LogP contribution in [0.25, 0.3) is 11.3 Å². The summed E-state index contributed by atoms with van der Waals surface area (Å²) in [5, 5.41) is 5.18. The number of nitrogens with zero attached hydrogens (tertiary/aromatic N) is 3. The van der Waals surface area contributed by atoms with Crippen LogP contribution in [0.5, 0.6) is 0 Å². The molecule has 0 aliphatic heterocycles. The number of carbonyl (C=O) groups excluding carboxylic acids is 1. The summed E-state index contributed by atoms with van der Waals surface area (Å²) in [5.74, 6) is -0.335. The predicted molar refractivity (Wildman–Crippen MR) is 127 cm³/mol. The molecule has 32 heavy (non-hydrogen) atoms. The van der Waals surface area contributed by atoms with Crippen molar-refractivity contribution in [1.29, 1.82) is 0 Å². The van der Waals surface area contributed by atoms with E-state index in [2.05, 4.69) is 10.00 Å². The van der Waals surface area contributed by atoms with Gasteiger partial charge in [0.05, 0.1) is 24.4 Å². The van der Waals surface area contributed by atoms with E-state index in [4.69, 9.17) is 16.3 Å². The molecule has 168 valence electrons. The zero-order chi connectivity index (χ0) is 23.1. The normalized spacial score (nSPS) is 11.0. The van der Waals surface area contributed by atoms with Crippen LogP contribution in [0.4, 0.5) is 0 Å². The molecule has 0 bridgehead atoms. The van der Waals surface area contributed by atoms with Gasteiger partial charge < -0.3 is 9.64 Å². The fraction of sp³-hybridized carbons (Fsp3) is 0.320. The van der Waals surface area contributed by atoms with Crippen molar-refractivity contribution in [2.45, 2.75) is 26.3 Å². The van der Waals surface area contributed by atoms with Crippen molar-refractivity contribution in [3.05, 3.63) is 86.7 Å². The highest BCUT2D eigenvalue weighted by Crippen LogP contribution is 2.18. The van der Waals surface area contributed by atoms with Crippen LogP contribution >= 0.6 is 11.6 Å². The van der Waals surface area contributed by atoms with Gasteiger partial charge in [0.2, 0.25) is 0 Å². The summed E-state index contributed by atoms with van der Waals surface area (Å²) in [6, 6.07) is 16.2. The number of benzene rings is 2. The van der Waals surface area contributed by atoms with Crippen LogP contribution in [0.1, 0.15) is 34.3 Å². The van der Waals surface area contributed by atoms with E-state index in [9.17, 15) is 9.59 Å². The first-order chi connectivity index (χ1) is 15.3. The number of ether oxygens (including phenoxy) is 1. The predicted octanol–water partition coefficient (Wildman–Crippen LogP) is 4.42. The van der Waals surface area contributed by atoms with Crippen LogP contribution in [-0.4, -0.2) is 47.9 Å². The topological polar surface area (TPSA) is 64.4 Å². The lowest BCUT2D eigenvalue weighted by molar-refractivity contribution is 0.0496. The van der Waals surface area contributed by atoms with Gasteiger partial charge in [-0.05, 0) is 76.3 Å². The molecule has 0 fully saturated rings. The molecule has 2 aromatic carbocycles. The number of unbranched alkanes of at least 4 members (excludes halogenated alkanes) is 1. The molecule has 0 radical (unpaired) electrons. The largest absolute Gasteiger partial charge is 0.462 e. The standard InChI is InChI=1S/C25H28ClN3O3/c1-18-16-23(27-29(24(18)30)17-19-6-12-22(26)13-7-19)20-8-10-21(11-9-20)25(31)32-15-5-4-14-28(2)3/h6-13,16H,4-5,14-15,17H2,1-3H3. The first-order valence-corrected chi connectivity index (χ1v) is 11.0. The van der Waals surface area contributed by atoms with E-state index in [1.807, 2.05) is 38.4 Å². The summed E-state index contributed by atoms with van der Waals surface area (Å²) >= 11 is 5.95. The van der Waals surface area contributed by atoms with E-state index >= 15 is 0 Å². The van der Waals surface area contributed by atoms with E-state index in [-0.39, 0.29) is 11.5 Å². The Hall–Kier alpha value is -2.96. The zero-order valence-corrected chi connectivity index (χ0v) is 19.4. The molecule has 0 saturated carbocycles. The molecular formula is C25H28ClN3O3. The third-order valence-corrected chi connectivity index (χ3v) is 5.30. The Balaban J connectivity index is 1.70. The van der Waals surface area contributed by atoms with Crippen LogP contribution < -0.4 is 5.56 Å². The fourth-order valence-electron chi connectivity index (χ4n) is 3.24. The average molecular weight is 454 g/mol. The molecule has 7 heteroatoms. The van der Waals surface area contributed by atoms with Crippen molar-refractivity contribution < 1.29 is 9.53 Å². The van der Waals surface area contributed by atoms with Crippen molar-refractivity contribution in [3.8, 4) is 11.3 Å². The number of esters is 1. The van der Waals surface area contributed by atoms with Gasteiger partial charge in [0.1, 0.15) is 0 Å². The quantitative estimate of drug-likeness (QED) is 0.354. The minimum Gasteiger partial charge on any atom is -0.462 e. The molecule has 0 N–H and O–H groups in total. The molecule has 1 aromatic heterocycles. The summed E-state index contributed by atoms with van der Waals surface area (Å²) in [6.45, 7) is 3.50. The molecule has 0 amide bonds. The minimum absolute atomic E-state index is 0.141. The first kappa shape index (κ1) is 23.7. The number of hydrogen-bond acceptors (Lipinski definition) is 5. The summed E-state index contributed by atoms with van der Waals surface area (Å²) in [4.78, 5) is 26.9. The Bertz CT molecular complexity index is 1110. The molecule has 0 aliphatic rings. The Kier molecular flexibility index (Phi) is 8.20.